The van der Waals surface area contributed by atoms with Crippen LogP contribution in [-0.2, 0) is 19.1 Å². The van der Waals surface area contributed by atoms with E-state index in [1.54, 1.807) is 34.0 Å². The first-order valence-electron chi connectivity index (χ1n) is 12.8. The number of benzene rings is 2. The van der Waals surface area contributed by atoms with Crippen LogP contribution in [0.15, 0.2) is 54.9 Å². The van der Waals surface area contributed by atoms with Crippen molar-refractivity contribution in [3.8, 4) is 11.1 Å². The predicted molar refractivity (Wildman–Crippen MR) is 140 cm³/mol. The van der Waals surface area contributed by atoms with E-state index in [0.29, 0.717) is 41.6 Å². The van der Waals surface area contributed by atoms with Gasteiger partial charge in [-0.3, -0.25) is 9.48 Å². The van der Waals surface area contributed by atoms with Gasteiger partial charge in [0.2, 0.25) is 0 Å². The van der Waals surface area contributed by atoms with Gasteiger partial charge in [-0.25, -0.2) is 4.79 Å². The Kier molecular flexibility index (Phi) is 7.67. The van der Waals surface area contributed by atoms with Gasteiger partial charge in [-0.1, -0.05) is 24.3 Å². The Bertz CT molecular complexity index is 1310. The lowest BCUT2D eigenvalue weighted by Gasteiger charge is -2.34. The molecule has 38 heavy (non-hydrogen) atoms. The number of halogens is 3. The van der Waals surface area contributed by atoms with E-state index in [2.05, 4.69) is 10.4 Å². The van der Waals surface area contributed by atoms with Gasteiger partial charge in [0, 0.05) is 49.0 Å². The molecule has 1 atom stereocenters. The highest BCUT2D eigenvalue weighted by Gasteiger charge is 2.32. The Morgan fingerprint density at radius 3 is 2.50 bits per heavy atom. The monoisotopic (exact) mass is 526 g/mol. The highest BCUT2D eigenvalue weighted by atomic mass is 19.4. The summed E-state index contributed by atoms with van der Waals surface area (Å²) in [6.45, 7) is 8.28. The predicted octanol–water partition coefficient (Wildman–Crippen LogP) is 6.66. The van der Waals surface area contributed by atoms with Crippen molar-refractivity contribution in [2.24, 2.45) is 0 Å². The zero-order valence-electron chi connectivity index (χ0n) is 22.1. The molecule has 0 aliphatic carbocycles. The van der Waals surface area contributed by atoms with Crippen LogP contribution in [0, 0.1) is 0 Å². The number of urea groups is 1. The largest absolute Gasteiger partial charge is 0.416 e. The normalized spacial score (nSPS) is 14.7. The molecule has 0 radical (unpaired) electrons. The molecule has 2 aromatic carbocycles. The fourth-order valence-corrected chi connectivity index (χ4v) is 4.79. The van der Waals surface area contributed by atoms with Crippen LogP contribution < -0.4 is 5.32 Å². The van der Waals surface area contributed by atoms with Crippen LogP contribution in [0.25, 0.3) is 11.1 Å². The molecule has 0 spiro atoms. The van der Waals surface area contributed by atoms with Crippen molar-refractivity contribution in [2.75, 3.05) is 6.54 Å². The standard InChI is InChI=1S/C29H33F3N4O2/c1-19(36-15-6-14-33-36)9-12-26(37)24-11-10-22(20-7-5-8-21(17-20)29(30,31)32)23-13-16-35(18-25(23)24)27(38)34-28(2,3)4/h5-8,10-11,14-15,17,19H,9,12-13,16,18H2,1-4H3,(H,34,38). The lowest BCUT2D eigenvalue weighted by atomic mass is 9.85. The third kappa shape index (κ3) is 6.26. The number of carbonyl (C=O) groups is 2. The molecule has 2 amide bonds. The van der Waals surface area contributed by atoms with Gasteiger partial charge in [0.05, 0.1) is 5.56 Å². The number of fused-ring (bicyclic) bond motifs is 1. The highest BCUT2D eigenvalue weighted by molar-refractivity contribution is 5.99. The average Bonchev–Trinajstić information content (AvgIpc) is 3.40. The molecule has 2 heterocycles. The number of rotatable bonds is 6. The number of carbonyl (C=O) groups excluding carboxylic acids is 2. The molecule has 1 aliphatic rings. The zero-order chi connectivity index (χ0) is 27.7. The molecule has 1 unspecified atom stereocenters. The van der Waals surface area contributed by atoms with Crippen molar-refractivity contribution < 1.29 is 22.8 Å². The fraction of sp³-hybridized carbons (Fsp3) is 0.414. The van der Waals surface area contributed by atoms with E-state index in [0.717, 1.165) is 17.7 Å². The topological polar surface area (TPSA) is 67.2 Å². The number of aromatic nitrogens is 2. The van der Waals surface area contributed by atoms with Gasteiger partial charge in [0.15, 0.2) is 5.78 Å². The van der Waals surface area contributed by atoms with Crippen molar-refractivity contribution in [1.29, 1.82) is 0 Å². The minimum absolute atomic E-state index is 0.0308. The quantitative estimate of drug-likeness (QED) is 0.365. The minimum Gasteiger partial charge on any atom is -0.333 e. The smallest absolute Gasteiger partial charge is 0.333 e. The number of alkyl halides is 3. The molecule has 0 saturated heterocycles. The average molecular weight is 527 g/mol. The SMILES string of the molecule is CC(CCC(=O)c1ccc(-c2cccc(C(F)(F)F)c2)c2c1CN(C(=O)NC(C)(C)C)CC2)n1cccn1. The van der Waals surface area contributed by atoms with Crippen LogP contribution in [-0.4, -0.2) is 38.6 Å². The van der Waals surface area contributed by atoms with Crippen LogP contribution in [0.4, 0.5) is 18.0 Å². The van der Waals surface area contributed by atoms with E-state index in [9.17, 15) is 22.8 Å². The van der Waals surface area contributed by atoms with Crippen LogP contribution in [0.5, 0.6) is 0 Å². The fourth-order valence-electron chi connectivity index (χ4n) is 4.79. The van der Waals surface area contributed by atoms with E-state index in [4.69, 9.17) is 0 Å². The van der Waals surface area contributed by atoms with Gasteiger partial charge in [0.1, 0.15) is 0 Å². The molecule has 4 rings (SSSR count). The van der Waals surface area contributed by atoms with E-state index in [-0.39, 0.29) is 30.8 Å². The van der Waals surface area contributed by atoms with E-state index in [1.807, 2.05) is 40.0 Å². The maximum absolute atomic E-state index is 13.4. The van der Waals surface area contributed by atoms with Gasteiger partial charge in [-0.2, -0.15) is 18.3 Å². The molecule has 9 heteroatoms. The van der Waals surface area contributed by atoms with E-state index in [1.165, 1.54) is 6.07 Å². The maximum atomic E-state index is 13.4. The Morgan fingerprint density at radius 1 is 1.08 bits per heavy atom. The molecule has 3 aromatic rings. The summed E-state index contributed by atoms with van der Waals surface area (Å²) in [5.74, 6) is -0.0612. The summed E-state index contributed by atoms with van der Waals surface area (Å²) in [4.78, 5) is 28.0. The number of nitrogens with zero attached hydrogens (tertiary/aromatic N) is 3. The van der Waals surface area contributed by atoms with Crippen LogP contribution >= 0.6 is 0 Å². The number of Topliss-reactive ketones (excluding diaryl/α,β-unsaturated/α-hetero) is 1. The van der Waals surface area contributed by atoms with Crippen LogP contribution in [0.1, 0.15) is 73.6 Å². The Hall–Kier alpha value is -3.62. The molecule has 6 nitrogen and oxygen atoms in total. The van der Waals surface area contributed by atoms with Crippen molar-refractivity contribution in [2.45, 2.75) is 71.3 Å². The molecule has 0 fully saturated rings. The maximum Gasteiger partial charge on any atom is 0.416 e. The number of nitrogens with one attached hydrogen (secondary N) is 1. The first-order valence-corrected chi connectivity index (χ1v) is 12.8. The van der Waals surface area contributed by atoms with Gasteiger partial charge in [0.25, 0.3) is 0 Å². The molecule has 0 bridgehead atoms. The summed E-state index contributed by atoms with van der Waals surface area (Å²) in [5, 5.41) is 7.20. The van der Waals surface area contributed by atoms with Crippen molar-refractivity contribution in [1.82, 2.24) is 20.0 Å². The molecule has 1 N–H and O–H groups in total. The first-order chi connectivity index (χ1) is 17.8. The number of ketones is 1. The lowest BCUT2D eigenvalue weighted by molar-refractivity contribution is -0.137. The van der Waals surface area contributed by atoms with Gasteiger partial charge in [-0.15, -0.1) is 0 Å². The van der Waals surface area contributed by atoms with E-state index >= 15 is 0 Å². The summed E-state index contributed by atoms with van der Waals surface area (Å²) >= 11 is 0. The molecule has 1 aromatic heterocycles. The van der Waals surface area contributed by atoms with Gasteiger partial charge in [-0.05, 0) is 81.0 Å². The molecular weight excluding hydrogens is 493 g/mol. The third-order valence-electron chi connectivity index (χ3n) is 6.75. The minimum atomic E-state index is -4.46. The summed E-state index contributed by atoms with van der Waals surface area (Å²) in [7, 11) is 0. The van der Waals surface area contributed by atoms with Crippen LogP contribution in [0.3, 0.4) is 0 Å². The number of amides is 2. The van der Waals surface area contributed by atoms with Crippen molar-refractivity contribution in [3.63, 3.8) is 0 Å². The summed E-state index contributed by atoms with van der Waals surface area (Å²) in [6, 6.07) is 10.3. The molecule has 0 saturated carbocycles. The molecule has 1 aliphatic heterocycles. The Morgan fingerprint density at radius 2 is 1.84 bits per heavy atom. The first kappa shape index (κ1) is 27.4. The Balaban J connectivity index is 1.69. The third-order valence-corrected chi connectivity index (χ3v) is 6.75. The summed E-state index contributed by atoms with van der Waals surface area (Å²) in [6.07, 6.45) is 0.386. The second-order valence-corrected chi connectivity index (χ2v) is 10.8. The van der Waals surface area contributed by atoms with Crippen molar-refractivity contribution >= 4 is 11.8 Å². The van der Waals surface area contributed by atoms with Gasteiger partial charge >= 0.3 is 12.2 Å². The number of hydrogen-bond donors (Lipinski definition) is 1. The molecular formula is C29H33F3N4O2. The van der Waals surface area contributed by atoms with Crippen molar-refractivity contribution in [3.05, 3.63) is 77.1 Å². The zero-order valence-corrected chi connectivity index (χ0v) is 22.1. The molecule has 202 valence electrons. The Labute approximate surface area is 220 Å². The second kappa shape index (κ2) is 10.6. The van der Waals surface area contributed by atoms with Crippen LogP contribution in [0.2, 0.25) is 0 Å². The summed E-state index contributed by atoms with van der Waals surface area (Å²) < 4.78 is 42.1. The number of hydrogen-bond acceptors (Lipinski definition) is 3. The lowest BCUT2D eigenvalue weighted by Crippen LogP contribution is -2.50. The van der Waals surface area contributed by atoms with E-state index < -0.39 is 17.3 Å². The summed E-state index contributed by atoms with van der Waals surface area (Å²) in [5.41, 5.74) is 1.97. The van der Waals surface area contributed by atoms with Gasteiger partial charge < -0.3 is 10.2 Å². The second-order valence-electron chi connectivity index (χ2n) is 10.8. The highest BCUT2D eigenvalue weighted by Crippen LogP contribution is 2.37.